The monoisotopic (exact) mass is 385 g/mol. The largest absolute Gasteiger partial charge is 0.475 e. The number of pyridine rings is 1. The van der Waals surface area contributed by atoms with Crippen LogP contribution >= 0.6 is 0 Å². The minimum Gasteiger partial charge on any atom is -0.475 e. The Morgan fingerprint density at radius 2 is 2.00 bits per heavy atom. The van der Waals surface area contributed by atoms with Gasteiger partial charge in [0, 0.05) is 6.07 Å². The summed E-state index contributed by atoms with van der Waals surface area (Å²) in [5, 5.41) is 11.0. The molecule has 3 rings (SSSR count). The summed E-state index contributed by atoms with van der Waals surface area (Å²) in [6.07, 6.45) is -0.00118. The lowest BCUT2D eigenvalue weighted by Gasteiger charge is -2.29. The van der Waals surface area contributed by atoms with Crippen molar-refractivity contribution in [3.8, 4) is 5.75 Å². The first-order valence-electron chi connectivity index (χ1n) is 8.80. The van der Waals surface area contributed by atoms with Crippen LogP contribution in [0.5, 0.6) is 5.75 Å². The van der Waals surface area contributed by atoms with Crippen molar-refractivity contribution >= 4 is 23.5 Å². The molecule has 0 aliphatic carbocycles. The summed E-state index contributed by atoms with van der Waals surface area (Å²) in [6.45, 7) is 4.00. The number of fused-ring (bicyclic) bond motifs is 1. The molecule has 1 aliphatic heterocycles. The maximum Gasteiger partial charge on any atom is 0.366 e. The highest BCUT2D eigenvalue weighted by atomic mass is 16.6. The normalized spacial score (nSPS) is 15.6. The Labute approximate surface area is 161 Å². The standard InChI is InChI=1S/C19H19N3O6/c1-3-10-27-19(24)14-6-4-13(5-7-14)11-21-17-15(28-12(2)18(21)23)8-9-16(20-17)22(25)26/h4-9,12H,3,10-11H2,1-2H3. The third-order valence-electron chi connectivity index (χ3n) is 4.15. The Morgan fingerprint density at radius 1 is 1.29 bits per heavy atom. The van der Waals surface area contributed by atoms with Crippen molar-refractivity contribution < 1.29 is 24.0 Å². The Balaban J connectivity index is 1.85. The summed E-state index contributed by atoms with van der Waals surface area (Å²) < 4.78 is 10.6. The van der Waals surface area contributed by atoms with Gasteiger partial charge in [0.25, 0.3) is 11.7 Å². The Bertz CT molecular complexity index is 912. The van der Waals surface area contributed by atoms with Gasteiger partial charge < -0.3 is 19.6 Å². The van der Waals surface area contributed by atoms with Crippen LogP contribution in [-0.4, -0.2) is 34.5 Å². The molecular weight excluding hydrogens is 366 g/mol. The number of benzene rings is 1. The van der Waals surface area contributed by atoms with E-state index in [1.54, 1.807) is 31.2 Å². The molecule has 0 bridgehead atoms. The van der Waals surface area contributed by atoms with Crippen molar-refractivity contribution in [2.75, 3.05) is 11.5 Å². The van der Waals surface area contributed by atoms with Gasteiger partial charge in [-0.25, -0.2) is 4.79 Å². The molecule has 1 unspecified atom stereocenters. The molecule has 28 heavy (non-hydrogen) atoms. The van der Waals surface area contributed by atoms with Gasteiger partial charge in [-0.2, -0.15) is 0 Å². The van der Waals surface area contributed by atoms with Gasteiger partial charge in [0.15, 0.2) is 11.9 Å². The molecule has 0 saturated heterocycles. The summed E-state index contributed by atoms with van der Waals surface area (Å²) in [5.74, 6) is -0.732. The number of nitrogens with zero attached hydrogens (tertiary/aromatic N) is 3. The van der Waals surface area contributed by atoms with Gasteiger partial charge in [0.05, 0.1) is 18.7 Å². The van der Waals surface area contributed by atoms with E-state index in [1.807, 2.05) is 6.92 Å². The second-order valence-electron chi connectivity index (χ2n) is 6.27. The molecule has 0 fully saturated rings. The topological polar surface area (TPSA) is 112 Å². The molecular formula is C19H19N3O6. The van der Waals surface area contributed by atoms with Crippen LogP contribution in [0, 0.1) is 10.1 Å². The smallest absolute Gasteiger partial charge is 0.366 e. The van der Waals surface area contributed by atoms with Crippen LogP contribution in [0.2, 0.25) is 0 Å². The van der Waals surface area contributed by atoms with Crippen LogP contribution in [0.1, 0.15) is 36.2 Å². The molecule has 9 nitrogen and oxygen atoms in total. The third-order valence-corrected chi connectivity index (χ3v) is 4.15. The van der Waals surface area contributed by atoms with Gasteiger partial charge in [-0.1, -0.05) is 19.1 Å². The molecule has 1 aliphatic rings. The average molecular weight is 385 g/mol. The predicted octanol–water partition coefficient (Wildman–Crippen LogP) is 2.87. The SMILES string of the molecule is CCCOC(=O)c1ccc(CN2C(=O)C(C)Oc3ccc([N+](=O)[O-])nc32)cc1. The maximum atomic E-state index is 12.6. The Kier molecular flexibility index (Phi) is 5.53. The van der Waals surface area contributed by atoms with Crippen LogP contribution in [0.15, 0.2) is 36.4 Å². The zero-order valence-corrected chi connectivity index (χ0v) is 15.5. The first-order chi connectivity index (χ1) is 13.4. The third kappa shape index (κ3) is 3.93. The summed E-state index contributed by atoms with van der Waals surface area (Å²) in [4.78, 5) is 40.2. The van der Waals surface area contributed by atoms with Crippen LogP contribution in [-0.2, 0) is 16.1 Å². The van der Waals surface area contributed by atoms with Crippen molar-refractivity contribution in [1.82, 2.24) is 4.98 Å². The van der Waals surface area contributed by atoms with Crippen LogP contribution < -0.4 is 9.64 Å². The molecule has 0 radical (unpaired) electrons. The fourth-order valence-corrected chi connectivity index (χ4v) is 2.74. The van der Waals surface area contributed by atoms with Crippen molar-refractivity contribution in [1.29, 1.82) is 0 Å². The number of esters is 1. The van der Waals surface area contributed by atoms with Crippen molar-refractivity contribution in [3.05, 3.63) is 57.6 Å². The zero-order valence-electron chi connectivity index (χ0n) is 15.5. The van der Waals surface area contributed by atoms with Gasteiger partial charge in [-0.15, -0.1) is 0 Å². The fourth-order valence-electron chi connectivity index (χ4n) is 2.74. The van der Waals surface area contributed by atoms with Gasteiger partial charge in [-0.05, 0) is 47.0 Å². The quantitative estimate of drug-likeness (QED) is 0.427. The molecule has 1 aromatic heterocycles. The molecule has 0 spiro atoms. The van der Waals surface area contributed by atoms with E-state index in [0.29, 0.717) is 17.9 Å². The van der Waals surface area contributed by atoms with E-state index in [0.717, 1.165) is 12.0 Å². The first kappa shape index (κ1) is 19.3. The van der Waals surface area contributed by atoms with Gasteiger partial charge in [0.2, 0.25) is 0 Å². The highest BCUT2D eigenvalue weighted by Gasteiger charge is 2.36. The van der Waals surface area contributed by atoms with E-state index in [2.05, 4.69) is 4.98 Å². The first-order valence-corrected chi connectivity index (χ1v) is 8.80. The molecule has 1 amide bonds. The number of hydrogen-bond donors (Lipinski definition) is 0. The number of aromatic nitrogens is 1. The average Bonchev–Trinajstić information content (AvgIpc) is 2.69. The van der Waals surface area contributed by atoms with E-state index >= 15 is 0 Å². The highest BCUT2D eigenvalue weighted by molar-refractivity contribution is 5.98. The number of anilines is 1. The molecule has 2 aromatic rings. The van der Waals surface area contributed by atoms with E-state index in [1.165, 1.54) is 17.0 Å². The highest BCUT2D eigenvalue weighted by Crippen LogP contribution is 2.34. The molecule has 1 aromatic carbocycles. The maximum absolute atomic E-state index is 12.6. The summed E-state index contributed by atoms with van der Waals surface area (Å²) >= 11 is 0. The van der Waals surface area contributed by atoms with Crippen LogP contribution in [0.25, 0.3) is 0 Å². The summed E-state index contributed by atoms with van der Waals surface area (Å²) in [6, 6.07) is 9.30. The number of amides is 1. The molecule has 9 heteroatoms. The number of nitro groups is 1. The lowest BCUT2D eigenvalue weighted by molar-refractivity contribution is -0.389. The minimum atomic E-state index is -0.737. The van der Waals surface area contributed by atoms with Crippen LogP contribution in [0.4, 0.5) is 11.6 Å². The fraction of sp³-hybridized carbons (Fsp3) is 0.316. The summed E-state index contributed by atoms with van der Waals surface area (Å²) in [5.41, 5.74) is 1.14. The number of carbonyl (C=O) groups excluding carboxylic acids is 2. The number of hydrogen-bond acceptors (Lipinski definition) is 7. The molecule has 2 heterocycles. The van der Waals surface area contributed by atoms with Crippen LogP contribution in [0.3, 0.4) is 0 Å². The van der Waals surface area contributed by atoms with E-state index < -0.39 is 17.0 Å². The molecule has 1 atom stereocenters. The second-order valence-corrected chi connectivity index (χ2v) is 6.27. The number of carbonyl (C=O) groups is 2. The summed E-state index contributed by atoms with van der Waals surface area (Å²) in [7, 11) is 0. The van der Waals surface area contributed by atoms with E-state index in [-0.39, 0.29) is 24.1 Å². The van der Waals surface area contributed by atoms with Gasteiger partial charge in [0.1, 0.15) is 0 Å². The molecule has 146 valence electrons. The lowest BCUT2D eigenvalue weighted by Crippen LogP contribution is -2.44. The molecule has 0 N–H and O–H groups in total. The number of ether oxygens (including phenoxy) is 2. The predicted molar refractivity (Wildman–Crippen MR) is 99.2 cm³/mol. The molecule has 0 saturated carbocycles. The minimum absolute atomic E-state index is 0.101. The van der Waals surface area contributed by atoms with Crippen molar-refractivity contribution in [2.45, 2.75) is 32.9 Å². The van der Waals surface area contributed by atoms with Crippen molar-refractivity contribution in [3.63, 3.8) is 0 Å². The Morgan fingerprint density at radius 3 is 2.64 bits per heavy atom. The lowest BCUT2D eigenvalue weighted by atomic mass is 10.1. The van der Waals surface area contributed by atoms with E-state index in [4.69, 9.17) is 9.47 Å². The second kappa shape index (κ2) is 8.03. The van der Waals surface area contributed by atoms with Crippen molar-refractivity contribution in [2.24, 2.45) is 0 Å². The van der Waals surface area contributed by atoms with Gasteiger partial charge >= 0.3 is 11.8 Å². The number of rotatable bonds is 6. The zero-order chi connectivity index (χ0) is 20.3. The van der Waals surface area contributed by atoms with Gasteiger partial charge in [-0.3, -0.25) is 9.69 Å². The Hall–Kier alpha value is -3.49. The van der Waals surface area contributed by atoms with E-state index in [9.17, 15) is 19.7 Å².